The minimum Gasteiger partial charge on any atom is -0.481 e. The molecule has 98 valence electrons. The van der Waals surface area contributed by atoms with Crippen LogP contribution in [-0.2, 0) is 4.79 Å². The Labute approximate surface area is 116 Å². The van der Waals surface area contributed by atoms with Crippen LogP contribution in [0.5, 0.6) is 0 Å². The topological polar surface area (TPSA) is 40.5 Å². The number of carboxylic acids is 1. The molecule has 0 spiro atoms. The number of hydrogen-bond donors (Lipinski definition) is 1. The first-order chi connectivity index (χ1) is 8.44. The molecule has 2 rings (SSSR count). The van der Waals surface area contributed by atoms with Gasteiger partial charge in [-0.1, -0.05) is 34.1 Å². The highest BCUT2D eigenvalue weighted by Crippen LogP contribution is 2.36. The summed E-state index contributed by atoms with van der Waals surface area (Å²) in [5.74, 6) is -0.690. The Bertz CT molecular complexity index is 463. The van der Waals surface area contributed by atoms with Crippen LogP contribution in [0.3, 0.4) is 0 Å². The first-order valence-corrected chi connectivity index (χ1v) is 6.95. The van der Waals surface area contributed by atoms with Gasteiger partial charge in [0.05, 0.1) is 5.41 Å². The Kier molecular flexibility index (Phi) is 3.78. The predicted octanol–water partition coefficient (Wildman–Crippen LogP) is 3.31. The third-order valence-corrected chi connectivity index (χ3v) is 4.64. The number of rotatable bonds is 3. The standard InChI is InChI=1S/C14H18BrNO2/c1-10(11-5-3-4-6-12(11)15)16-8-7-14(2,9-16)13(17)18/h3-6,10H,7-9H2,1-2H3,(H,17,18). The first-order valence-electron chi connectivity index (χ1n) is 6.16. The summed E-state index contributed by atoms with van der Waals surface area (Å²) >= 11 is 3.56. The number of hydrogen-bond acceptors (Lipinski definition) is 2. The van der Waals surface area contributed by atoms with Crippen LogP contribution >= 0.6 is 15.9 Å². The van der Waals surface area contributed by atoms with E-state index in [9.17, 15) is 9.90 Å². The SMILES string of the molecule is CC(c1ccccc1Br)N1CCC(C)(C(=O)O)C1. The van der Waals surface area contributed by atoms with E-state index in [-0.39, 0.29) is 6.04 Å². The summed E-state index contributed by atoms with van der Waals surface area (Å²) in [7, 11) is 0. The first kappa shape index (κ1) is 13.6. The largest absolute Gasteiger partial charge is 0.481 e. The monoisotopic (exact) mass is 311 g/mol. The molecule has 0 saturated carbocycles. The van der Waals surface area contributed by atoms with Gasteiger partial charge >= 0.3 is 5.97 Å². The van der Waals surface area contributed by atoms with Crippen molar-refractivity contribution in [3.8, 4) is 0 Å². The molecule has 0 bridgehead atoms. The smallest absolute Gasteiger partial charge is 0.310 e. The molecular weight excluding hydrogens is 294 g/mol. The van der Waals surface area contributed by atoms with Crippen molar-refractivity contribution in [1.29, 1.82) is 0 Å². The maximum Gasteiger partial charge on any atom is 0.310 e. The lowest BCUT2D eigenvalue weighted by molar-refractivity contribution is -0.147. The lowest BCUT2D eigenvalue weighted by atomic mass is 9.90. The molecule has 2 atom stereocenters. The van der Waals surface area contributed by atoms with Gasteiger partial charge in [0.1, 0.15) is 0 Å². The van der Waals surface area contributed by atoms with Crippen LogP contribution < -0.4 is 0 Å². The van der Waals surface area contributed by atoms with Crippen molar-refractivity contribution in [2.24, 2.45) is 5.41 Å². The van der Waals surface area contributed by atoms with E-state index < -0.39 is 11.4 Å². The molecule has 1 N–H and O–H groups in total. The van der Waals surface area contributed by atoms with Gasteiger partial charge in [-0.25, -0.2) is 0 Å². The number of carboxylic acid groups (broad SMARTS) is 1. The number of likely N-dealkylation sites (tertiary alicyclic amines) is 1. The van der Waals surface area contributed by atoms with Crippen LogP contribution in [0.15, 0.2) is 28.7 Å². The molecule has 3 nitrogen and oxygen atoms in total. The van der Waals surface area contributed by atoms with E-state index >= 15 is 0 Å². The van der Waals surface area contributed by atoms with E-state index in [2.05, 4.69) is 33.8 Å². The molecule has 1 heterocycles. The fourth-order valence-electron chi connectivity index (χ4n) is 2.51. The van der Waals surface area contributed by atoms with E-state index in [0.717, 1.165) is 17.4 Å². The molecule has 18 heavy (non-hydrogen) atoms. The van der Waals surface area contributed by atoms with Gasteiger partial charge in [0.2, 0.25) is 0 Å². The fraction of sp³-hybridized carbons (Fsp3) is 0.500. The molecular formula is C14H18BrNO2. The van der Waals surface area contributed by atoms with E-state index in [4.69, 9.17) is 0 Å². The van der Waals surface area contributed by atoms with E-state index in [1.165, 1.54) is 5.56 Å². The van der Waals surface area contributed by atoms with Gasteiger partial charge < -0.3 is 5.11 Å². The van der Waals surface area contributed by atoms with E-state index in [0.29, 0.717) is 6.54 Å². The van der Waals surface area contributed by atoms with Crippen LogP contribution in [0.2, 0.25) is 0 Å². The minimum absolute atomic E-state index is 0.238. The summed E-state index contributed by atoms with van der Waals surface area (Å²) < 4.78 is 1.08. The number of halogens is 1. The third kappa shape index (κ3) is 2.45. The highest BCUT2D eigenvalue weighted by Gasteiger charge is 2.42. The summed E-state index contributed by atoms with van der Waals surface area (Å²) in [6.45, 7) is 5.42. The lowest BCUT2D eigenvalue weighted by Gasteiger charge is -2.27. The van der Waals surface area contributed by atoms with Gasteiger partial charge in [0.25, 0.3) is 0 Å². The molecule has 1 saturated heterocycles. The second-order valence-electron chi connectivity index (χ2n) is 5.28. The Hall–Kier alpha value is -0.870. The third-order valence-electron chi connectivity index (χ3n) is 3.92. The number of aliphatic carboxylic acids is 1. The maximum atomic E-state index is 11.3. The van der Waals surface area contributed by atoms with Crippen molar-refractivity contribution in [2.75, 3.05) is 13.1 Å². The summed E-state index contributed by atoms with van der Waals surface area (Å²) in [6, 6.07) is 8.36. The van der Waals surface area contributed by atoms with Crippen LogP contribution in [-0.4, -0.2) is 29.1 Å². The van der Waals surface area contributed by atoms with Crippen molar-refractivity contribution >= 4 is 21.9 Å². The number of nitrogens with zero attached hydrogens (tertiary/aromatic N) is 1. The van der Waals surface area contributed by atoms with Crippen molar-refractivity contribution in [2.45, 2.75) is 26.3 Å². The van der Waals surface area contributed by atoms with E-state index in [1.54, 1.807) is 0 Å². The maximum absolute atomic E-state index is 11.3. The Morgan fingerprint density at radius 2 is 2.17 bits per heavy atom. The Morgan fingerprint density at radius 3 is 2.72 bits per heavy atom. The summed E-state index contributed by atoms with van der Waals surface area (Å²) in [5.41, 5.74) is 0.613. The lowest BCUT2D eigenvalue weighted by Crippen LogP contribution is -2.33. The Morgan fingerprint density at radius 1 is 1.50 bits per heavy atom. The Balaban J connectivity index is 2.15. The summed E-state index contributed by atoms with van der Waals surface area (Å²) in [5, 5.41) is 9.26. The van der Waals surface area contributed by atoms with Gasteiger partial charge in [-0.05, 0) is 38.4 Å². The van der Waals surface area contributed by atoms with Crippen molar-refractivity contribution in [3.63, 3.8) is 0 Å². The molecule has 0 amide bonds. The predicted molar refractivity (Wildman–Crippen MR) is 74.5 cm³/mol. The molecule has 0 aliphatic carbocycles. The van der Waals surface area contributed by atoms with Gasteiger partial charge in [0.15, 0.2) is 0 Å². The fourth-order valence-corrected chi connectivity index (χ4v) is 3.13. The van der Waals surface area contributed by atoms with Crippen LogP contribution in [0.1, 0.15) is 31.9 Å². The molecule has 1 aliphatic heterocycles. The van der Waals surface area contributed by atoms with Crippen molar-refractivity contribution < 1.29 is 9.90 Å². The van der Waals surface area contributed by atoms with Crippen LogP contribution in [0, 0.1) is 5.41 Å². The van der Waals surface area contributed by atoms with Gasteiger partial charge in [0, 0.05) is 17.1 Å². The van der Waals surface area contributed by atoms with Crippen LogP contribution in [0.25, 0.3) is 0 Å². The molecule has 1 fully saturated rings. The summed E-state index contributed by atoms with van der Waals surface area (Å²) in [4.78, 5) is 13.5. The zero-order valence-corrected chi connectivity index (χ0v) is 12.3. The van der Waals surface area contributed by atoms with Gasteiger partial charge in [-0.2, -0.15) is 0 Å². The van der Waals surface area contributed by atoms with E-state index in [1.807, 2.05) is 25.1 Å². The molecule has 2 unspecified atom stereocenters. The van der Waals surface area contributed by atoms with Gasteiger partial charge in [-0.15, -0.1) is 0 Å². The number of carbonyl (C=O) groups is 1. The zero-order valence-electron chi connectivity index (χ0n) is 10.7. The minimum atomic E-state index is -0.690. The van der Waals surface area contributed by atoms with Crippen LogP contribution in [0.4, 0.5) is 0 Å². The zero-order chi connectivity index (χ0) is 13.3. The second-order valence-corrected chi connectivity index (χ2v) is 6.14. The molecule has 0 aromatic heterocycles. The molecule has 1 aliphatic rings. The molecule has 1 aromatic rings. The average molecular weight is 312 g/mol. The molecule has 1 aromatic carbocycles. The van der Waals surface area contributed by atoms with Crippen molar-refractivity contribution in [3.05, 3.63) is 34.3 Å². The van der Waals surface area contributed by atoms with Gasteiger partial charge in [-0.3, -0.25) is 9.69 Å². The average Bonchev–Trinajstić information content (AvgIpc) is 2.73. The molecule has 4 heteroatoms. The molecule has 0 radical (unpaired) electrons. The number of benzene rings is 1. The highest BCUT2D eigenvalue weighted by molar-refractivity contribution is 9.10. The van der Waals surface area contributed by atoms with Crippen molar-refractivity contribution in [1.82, 2.24) is 4.90 Å². The highest BCUT2D eigenvalue weighted by atomic mass is 79.9. The normalized spacial score (nSPS) is 26.2. The quantitative estimate of drug-likeness (QED) is 0.931. The second kappa shape index (κ2) is 5.02. The summed E-state index contributed by atoms with van der Waals surface area (Å²) in [6.07, 6.45) is 0.719.